The van der Waals surface area contributed by atoms with Crippen LogP contribution in [0.15, 0.2) is 0 Å². The molecule has 0 radical (unpaired) electrons. The zero-order valence-electron chi connectivity index (χ0n) is 32.7. The highest BCUT2D eigenvalue weighted by Crippen LogP contribution is 2.31. The summed E-state index contributed by atoms with van der Waals surface area (Å²) < 4.78 is 5.91. The minimum absolute atomic E-state index is 0.0411. The SMILES string of the molecule is CCCCCCCCCSC(=O)C(C)(C)CCCCCC(O)CCCCCC(C)(C)C(=O)OCC(CCCCC)CCCCCCC. The second-order valence-electron chi connectivity index (χ2n) is 16.0. The minimum atomic E-state index is -0.449. The number of ether oxygens (including phenoxy) is 1. The van der Waals surface area contributed by atoms with E-state index in [0.29, 0.717) is 17.6 Å². The molecular formula is C42H82O4S. The van der Waals surface area contributed by atoms with Crippen molar-refractivity contribution in [2.75, 3.05) is 12.4 Å². The summed E-state index contributed by atoms with van der Waals surface area (Å²) >= 11 is 1.54. The van der Waals surface area contributed by atoms with Crippen molar-refractivity contribution in [2.45, 2.75) is 228 Å². The van der Waals surface area contributed by atoms with Crippen molar-refractivity contribution >= 4 is 22.8 Å². The van der Waals surface area contributed by atoms with Crippen LogP contribution >= 0.6 is 11.8 Å². The van der Waals surface area contributed by atoms with Gasteiger partial charge >= 0.3 is 5.97 Å². The van der Waals surface area contributed by atoms with E-state index in [1.165, 1.54) is 103 Å². The van der Waals surface area contributed by atoms with Gasteiger partial charge in [0.25, 0.3) is 0 Å². The normalized spacial score (nSPS) is 13.5. The van der Waals surface area contributed by atoms with Gasteiger partial charge in [0.2, 0.25) is 0 Å². The van der Waals surface area contributed by atoms with Crippen molar-refractivity contribution in [3.63, 3.8) is 0 Å². The van der Waals surface area contributed by atoms with E-state index in [0.717, 1.165) is 76.4 Å². The van der Waals surface area contributed by atoms with Crippen molar-refractivity contribution in [2.24, 2.45) is 16.7 Å². The Balaban J connectivity index is 4.07. The molecular weight excluding hydrogens is 601 g/mol. The zero-order chi connectivity index (χ0) is 35.2. The number of rotatable bonds is 34. The first-order valence-electron chi connectivity index (χ1n) is 20.5. The molecule has 0 saturated carbocycles. The smallest absolute Gasteiger partial charge is 0.311 e. The van der Waals surface area contributed by atoms with Gasteiger partial charge in [-0.05, 0) is 64.7 Å². The van der Waals surface area contributed by atoms with Gasteiger partial charge in [0.15, 0.2) is 5.12 Å². The molecule has 2 atom stereocenters. The molecule has 0 aliphatic carbocycles. The van der Waals surface area contributed by atoms with Gasteiger partial charge in [0.1, 0.15) is 0 Å². The van der Waals surface area contributed by atoms with Crippen molar-refractivity contribution in [3.05, 3.63) is 0 Å². The summed E-state index contributed by atoms with van der Waals surface area (Å²) in [5.41, 5.74) is -0.704. The average Bonchev–Trinajstić information content (AvgIpc) is 3.03. The number of carbonyl (C=O) groups is 2. The highest BCUT2D eigenvalue weighted by Gasteiger charge is 2.29. The van der Waals surface area contributed by atoms with Gasteiger partial charge < -0.3 is 9.84 Å². The lowest BCUT2D eigenvalue weighted by molar-refractivity contribution is -0.156. The number of thioether (sulfide) groups is 1. The number of aliphatic hydroxyl groups excluding tert-OH is 1. The number of esters is 1. The van der Waals surface area contributed by atoms with Crippen molar-refractivity contribution < 1.29 is 19.4 Å². The van der Waals surface area contributed by atoms with Gasteiger partial charge in [0, 0.05) is 11.2 Å². The maximum Gasteiger partial charge on any atom is 0.311 e. The molecule has 47 heavy (non-hydrogen) atoms. The maximum atomic E-state index is 13.0. The number of carbonyl (C=O) groups excluding carboxylic acids is 2. The molecule has 280 valence electrons. The number of hydrogen-bond donors (Lipinski definition) is 1. The fourth-order valence-corrected chi connectivity index (χ4v) is 7.46. The molecule has 0 amide bonds. The molecule has 0 aromatic rings. The Bertz CT molecular complexity index is 734. The lowest BCUT2D eigenvalue weighted by atomic mass is 9.86. The lowest BCUT2D eigenvalue weighted by Gasteiger charge is -2.25. The molecule has 0 fully saturated rings. The van der Waals surface area contributed by atoms with E-state index in [1.54, 1.807) is 11.8 Å². The third kappa shape index (κ3) is 26.9. The largest absolute Gasteiger partial charge is 0.465 e. The Kier molecular flexibility index (Phi) is 29.9. The highest BCUT2D eigenvalue weighted by atomic mass is 32.2. The molecule has 5 heteroatoms. The molecule has 0 aromatic heterocycles. The number of aliphatic hydroxyl groups is 1. The summed E-state index contributed by atoms with van der Waals surface area (Å²) in [6, 6.07) is 0. The molecule has 1 N–H and O–H groups in total. The van der Waals surface area contributed by atoms with E-state index in [-0.39, 0.29) is 17.5 Å². The summed E-state index contributed by atoms with van der Waals surface area (Å²) in [5.74, 6) is 1.42. The molecule has 0 spiro atoms. The first kappa shape index (κ1) is 46.5. The first-order chi connectivity index (χ1) is 22.5. The standard InChI is InChI=1S/C42H82O4S/c1-8-11-14-16-17-19-28-35-47-40(45)42(6,7)34-27-21-25-32-38(43)31-24-20-26-33-41(4,5)39(44)46-36-37(29-22-13-10-3)30-23-18-15-12-9-2/h37-38,43H,8-36H2,1-7H3. The third-order valence-corrected chi connectivity index (χ3v) is 11.5. The molecule has 0 aliphatic heterocycles. The summed E-state index contributed by atoms with van der Waals surface area (Å²) in [4.78, 5) is 25.7. The Morgan fingerprint density at radius 1 is 0.553 bits per heavy atom. The molecule has 2 unspecified atom stereocenters. The summed E-state index contributed by atoms with van der Waals surface area (Å²) in [6.45, 7) is 15.6. The second-order valence-corrected chi connectivity index (χ2v) is 17.1. The van der Waals surface area contributed by atoms with E-state index in [9.17, 15) is 14.7 Å². The number of unbranched alkanes of at least 4 members (excludes halogenated alkanes) is 16. The van der Waals surface area contributed by atoms with Gasteiger partial charge in [-0.25, -0.2) is 0 Å². The predicted molar refractivity (Wildman–Crippen MR) is 207 cm³/mol. The van der Waals surface area contributed by atoms with Crippen LogP contribution in [0, 0.1) is 16.7 Å². The third-order valence-electron chi connectivity index (χ3n) is 10.1. The lowest BCUT2D eigenvalue weighted by Crippen LogP contribution is -2.28. The van der Waals surface area contributed by atoms with Crippen LogP contribution < -0.4 is 0 Å². The van der Waals surface area contributed by atoms with Crippen LogP contribution in [0.5, 0.6) is 0 Å². The van der Waals surface area contributed by atoms with Gasteiger partial charge in [-0.1, -0.05) is 175 Å². The molecule has 0 saturated heterocycles. The Morgan fingerprint density at radius 2 is 0.957 bits per heavy atom. The van der Waals surface area contributed by atoms with Crippen LogP contribution in [-0.4, -0.2) is 34.7 Å². The van der Waals surface area contributed by atoms with E-state index >= 15 is 0 Å². The van der Waals surface area contributed by atoms with Gasteiger partial charge in [0.05, 0.1) is 18.1 Å². The zero-order valence-corrected chi connectivity index (χ0v) is 33.6. The molecule has 0 aromatic carbocycles. The Labute approximate surface area is 298 Å². The van der Waals surface area contributed by atoms with E-state index < -0.39 is 5.41 Å². The van der Waals surface area contributed by atoms with Gasteiger partial charge in [-0.15, -0.1) is 0 Å². The van der Waals surface area contributed by atoms with Crippen molar-refractivity contribution in [1.82, 2.24) is 0 Å². The van der Waals surface area contributed by atoms with E-state index in [1.807, 2.05) is 13.8 Å². The fraction of sp³-hybridized carbons (Fsp3) is 0.952. The Morgan fingerprint density at radius 3 is 1.51 bits per heavy atom. The maximum absolute atomic E-state index is 13.0. The summed E-state index contributed by atoms with van der Waals surface area (Å²) in [5, 5.41) is 10.9. The molecule has 4 nitrogen and oxygen atoms in total. The number of hydrogen-bond acceptors (Lipinski definition) is 5. The van der Waals surface area contributed by atoms with E-state index in [4.69, 9.17) is 4.74 Å². The van der Waals surface area contributed by atoms with Gasteiger partial charge in [-0.3, -0.25) is 9.59 Å². The fourth-order valence-electron chi connectivity index (χ4n) is 6.43. The van der Waals surface area contributed by atoms with Crippen LogP contribution in [0.1, 0.15) is 222 Å². The van der Waals surface area contributed by atoms with Crippen molar-refractivity contribution in [3.8, 4) is 0 Å². The molecule has 0 rings (SSSR count). The Hall–Kier alpha value is -0.550. The minimum Gasteiger partial charge on any atom is -0.465 e. The van der Waals surface area contributed by atoms with Crippen LogP contribution in [0.3, 0.4) is 0 Å². The van der Waals surface area contributed by atoms with Crippen LogP contribution in [0.25, 0.3) is 0 Å². The second kappa shape index (κ2) is 30.3. The summed E-state index contributed by atoms with van der Waals surface area (Å²) in [6.07, 6.45) is 31.0. The van der Waals surface area contributed by atoms with E-state index in [2.05, 4.69) is 34.6 Å². The van der Waals surface area contributed by atoms with Crippen LogP contribution in [-0.2, 0) is 14.3 Å². The molecule has 0 bridgehead atoms. The van der Waals surface area contributed by atoms with Crippen LogP contribution in [0.4, 0.5) is 0 Å². The molecule has 0 heterocycles. The summed E-state index contributed by atoms with van der Waals surface area (Å²) in [7, 11) is 0. The highest BCUT2D eigenvalue weighted by molar-refractivity contribution is 8.13. The first-order valence-corrected chi connectivity index (χ1v) is 21.5. The molecule has 0 aliphatic rings. The predicted octanol–water partition coefficient (Wildman–Crippen LogP) is 13.4. The monoisotopic (exact) mass is 683 g/mol. The van der Waals surface area contributed by atoms with Crippen molar-refractivity contribution in [1.29, 1.82) is 0 Å². The average molecular weight is 683 g/mol. The quantitative estimate of drug-likeness (QED) is 0.0540. The topological polar surface area (TPSA) is 63.6 Å². The van der Waals surface area contributed by atoms with Gasteiger partial charge in [-0.2, -0.15) is 0 Å². The van der Waals surface area contributed by atoms with Crippen LogP contribution in [0.2, 0.25) is 0 Å².